The zero-order valence-electron chi connectivity index (χ0n) is 14.4. The van der Waals surface area contributed by atoms with Crippen molar-refractivity contribution in [2.75, 3.05) is 5.32 Å². The summed E-state index contributed by atoms with van der Waals surface area (Å²) in [5.74, 6) is 1.43. The van der Waals surface area contributed by atoms with Crippen LogP contribution in [0.25, 0.3) is 22.3 Å². The highest BCUT2D eigenvalue weighted by molar-refractivity contribution is 5.91. The highest BCUT2D eigenvalue weighted by atomic mass is 16.3. The lowest BCUT2D eigenvalue weighted by Crippen LogP contribution is -2.09. The number of anilines is 1. The first-order valence-corrected chi connectivity index (χ1v) is 8.59. The highest BCUT2D eigenvalue weighted by Gasteiger charge is 2.14. The summed E-state index contributed by atoms with van der Waals surface area (Å²) in [5, 5.41) is 14.6. The molecule has 0 aliphatic carbocycles. The fourth-order valence-electron chi connectivity index (χ4n) is 3.00. The molecule has 0 unspecified atom stereocenters. The van der Waals surface area contributed by atoms with Crippen LogP contribution in [-0.4, -0.2) is 15.1 Å². The summed E-state index contributed by atoms with van der Waals surface area (Å²) in [4.78, 5) is 9.35. The summed E-state index contributed by atoms with van der Waals surface area (Å²) >= 11 is 0. The van der Waals surface area contributed by atoms with Crippen LogP contribution >= 0.6 is 0 Å². The molecule has 0 amide bonds. The lowest BCUT2D eigenvalue weighted by atomic mass is 10.1. The molecular weight excluding hydrogens is 322 g/mol. The van der Waals surface area contributed by atoms with Crippen LogP contribution in [0.1, 0.15) is 18.5 Å². The van der Waals surface area contributed by atoms with Gasteiger partial charge in [0.25, 0.3) is 0 Å². The number of fused-ring (bicyclic) bond motifs is 1. The maximum atomic E-state index is 10.2. The Balaban J connectivity index is 1.81. The molecule has 26 heavy (non-hydrogen) atoms. The lowest BCUT2D eigenvalue weighted by molar-refractivity contribution is 0.477. The van der Waals surface area contributed by atoms with Crippen molar-refractivity contribution in [2.45, 2.75) is 13.0 Å². The number of hydrogen-bond donors (Lipinski definition) is 2. The molecule has 3 aromatic carbocycles. The summed E-state index contributed by atoms with van der Waals surface area (Å²) in [7, 11) is 0. The van der Waals surface area contributed by atoms with Gasteiger partial charge in [-0.25, -0.2) is 9.97 Å². The van der Waals surface area contributed by atoms with Gasteiger partial charge in [-0.3, -0.25) is 0 Å². The standard InChI is InChI=1S/C22H19N3O/c1-15(16-9-3-2-4-10-16)23-21-17-11-5-7-13-19(17)24-22(25-21)18-12-6-8-14-20(18)26/h2-15,26H,1H3,(H,23,24,25)/t15-/m1/s1. The van der Waals surface area contributed by atoms with Crippen molar-refractivity contribution in [3.05, 3.63) is 84.4 Å². The normalized spacial score (nSPS) is 12.0. The minimum Gasteiger partial charge on any atom is -0.507 e. The molecule has 2 N–H and O–H groups in total. The minimum atomic E-state index is 0.0896. The van der Waals surface area contributed by atoms with Gasteiger partial charge in [-0.05, 0) is 36.8 Å². The number of phenols is 1. The van der Waals surface area contributed by atoms with Crippen molar-refractivity contribution in [1.29, 1.82) is 0 Å². The summed E-state index contributed by atoms with van der Waals surface area (Å²) in [6.45, 7) is 2.10. The van der Waals surface area contributed by atoms with E-state index in [2.05, 4.69) is 29.4 Å². The fourth-order valence-corrected chi connectivity index (χ4v) is 3.00. The second-order valence-corrected chi connectivity index (χ2v) is 6.21. The van der Waals surface area contributed by atoms with E-state index in [-0.39, 0.29) is 11.8 Å². The molecule has 0 fully saturated rings. The first-order chi connectivity index (χ1) is 12.7. The number of benzene rings is 3. The largest absolute Gasteiger partial charge is 0.507 e. The average molecular weight is 341 g/mol. The second kappa shape index (κ2) is 6.84. The Bertz CT molecular complexity index is 1050. The van der Waals surface area contributed by atoms with Crippen LogP contribution in [0.15, 0.2) is 78.9 Å². The Hall–Kier alpha value is -3.40. The molecule has 4 heteroatoms. The summed E-state index contributed by atoms with van der Waals surface area (Å²) in [6.07, 6.45) is 0. The molecule has 0 aliphatic rings. The zero-order valence-corrected chi connectivity index (χ0v) is 14.4. The maximum Gasteiger partial charge on any atom is 0.165 e. The van der Waals surface area contributed by atoms with E-state index in [9.17, 15) is 5.11 Å². The smallest absolute Gasteiger partial charge is 0.165 e. The summed E-state index contributed by atoms with van der Waals surface area (Å²) < 4.78 is 0. The van der Waals surface area contributed by atoms with Gasteiger partial charge in [0, 0.05) is 11.4 Å². The van der Waals surface area contributed by atoms with Crippen molar-refractivity contribution in [3.63, 3.8) is 0 Å². The summed E-state index contributed by atoms with van der Waals surface area (Å²) in [5.41, 5.74) is 2.64. The van der Waals surface area contributed by atoms with Crippen molar-refractivity contribution in [2.24, 2.45) is 0 Å². The van der Waals surface area contributed by atoms with E-state index in [1.807, 2.05) is 54.6 Å². The molecule has 1 aromatic heterocycles. The van der Waals surface area contributed by atoms with Gasteiger partial charge in [-0.1, -0.05) is 54.6 Å². The number of nitrogens with one attached hydrogen (secondary N) is 1. The van der Waals surface area contributed by atoms with Crippen LogP contribution < -0.4 is 5.32 Å². The molecule has 0 spiro atoms. The van der Waals surface area contributed by atoms with Gasteiger partial charge in [0.1, 0.15) is 11.6 Å². The van der Waals surface area contributed by atoms with Gasteiger partial charge in [0.2, 0.25) is 0 Å². The predicted molar refractivity (Wildman–Crippen MR) is 105 cm³/mol. The Labute approximate surface area is 152 Å². The van der Waals surface area contributed by atoms with Crippen LogP contribution in [0.2, 0.25) is 0 Å². The SMILES string of the molecule is C[C@@H](Nc1nc(-c2ccccc2O)nc2ccccc12)c1ccccc1. The molecule has 128 valence electrons. The molecule has 4 aromatic rings. The predicted octanol–water partition coefficient (Wildman–Crippen LogP) is 5.18. The Morgan fingerprint density at radius 1 is 0.808 bits per heavy atom. The summed E-state index contributed by atoms with van der Waals surface area (Å²) in [6, 6.07) is 25.3. The molecule has 1 heterocycles. The van der Waals surface area contributed by atoms with E-state index in [4.69, 9.17) is 4.98 Å². The zero-order chi connectivity index (χ0) is 17.9. The number of nitrogens with zero attached hydrogens (tertiary/aromatic N) is 2. The molecule has 0 bridgehead atoms. The average Bonchev–Trinajstić information content (AvgIpc) is 2.69. The van der Waals surface area contributed by atoms with Crippen molar-refractivity contribution >= 4 is 16.7 Å². The van der Waals surface area contributed by atoms with E-state index in [0.717, 1.165) is 16.7 Å². The molecule has 0 saturated heterocycles. The van der Waals surface area contributed by atoms with E-state index in [0.29, 0.717) is 11.4 Å². The van der Waals surface area contributed by atoms with Crippen LogP contribution in [0, 0.1) is 0 Å². The van der Waals surface area contributed by atoms with Crippen molar-refractivity contribution in [1.82, 2.24) is 9.97 Å². The minimum absolute atomic E-state index is 0.0896. The Morgan fingerprint density at radius 3 is 2.31 bits per heavy atom. The Morgan fingerprint density at radius 2 is 1.50 bits per heavy atom. The van der Waals surface area contributed by atoms with E-state index in [1.165, 1.54) is 5.56 Å². The fraction of sp³-hybridized carbons (Fsp3) is 0.0909. The van der Waals surface area contributed by atoms with Gasteiger partial charge in [-0.2, -0.15) is 0 Å². The van der Waals surface area contributed by atoms with Crippen molar-refractivity contribution < 1.29 is 5.11 Å². The monoisotopic (exact) mass is 341 g/mol. The third-order valence-electron chi connectivity index (χ3n) is 4.40. The Kier molecular flexibility index (Phi) is 4.23. The van der Waals surface area contributed by atoms with E-state index >= 15 is 0 Å². The molecule has 0 saturated carbocycles. The number of aromatic hydroxyl groups is 1. The molecule has 4 nitrogen and oxygen atoms in total. The third-order valence-corrected chi connectivity index (χ3v) is 4.40. The van der Waals surface area contributed by atoms with Gasteiger partial charge in [0.15, 0.2) is 5.82 Å². The van der Waals surface area contributed by atoms with Gasteiger partial charge < -0.3 is 10.4 Å². The first kappa shape index (κ1) is 16.1. The van der Waals surface area contributed by atoms with Crippen LogP contribution in [0.3, 0.4) is 0 Å². The van der Waals surface area contributed by atoms with Gasteiger partial charge in [-0.15, -0.1) is 0 Å². The number of para-hydroxylation sites is 2. The van der Waals surface area contributed by atoms with Crippen LogP contribution in [0.4, 0.5) is 5.82 Å². The van der Waals surface area contributed by atoms with Crippen molar-refractivity contribution in [3.8, 4) is 17.1 Å². The van der Waals surface area contributed by atoms with Crippen LogP contribution in [-0.2, 0) is 0 Å². The first-order valence-electron chi connectivity index (χ1n) is 8.59. The number of phenolic OH excluding ortho intramolecular Hbond substituents is 1. The molecule has 0 aliphatic heterocycles. The van der Waals surface area contributed by atoms with E-state index in [1.54, 1.807) is 12.1 Å². The van der Waals surface area contributed by atoms with E-state index < -0.39 is 0 Å². The molecule has 0 radical (unpaired) electrons. The molecule has 1 atom stereocenters. The number of rotatable bonds is 4. The van der Waals surface area contributed by atoms with Gasteiger partial charge >= 0.3 is 0 Å². The van der Waals surface area contributed by atoms with Gasteiger partial charge in [0.05, 0.1) is 11.1 Å². The quantitative estimate of drug-likeness (QED) is 0.537. The molecular formula is C22H19N3O. The second-order valence-electron chi connectivity index (χ2n) is 6.21. The topological polar surface area (TPSA) is 58.0 Å². The third kappa shape index (κ3) is 3.09. The molecule has 4 rings (SSSR count). The number of aromatic nitrogens is 2. The highest BCUT2D eigenvalue weighted by Crippen LogP contribution is 2.31. The maximum absolute atomic E-state index is 10.2. The lowest BCUT2D eigenvalue weighted by Gasteiger charge is -2.17. The van der Waals surface area contributed by atoms with Crippen LogP contribution in [0.5, 0.6) is 5.75 Å². The number of hydrogen-bond acceptors (Lipinski definition) is 4.